The van der Waals surface area contributed by atoms with Gasteiger partial charge in [0.2, 0.25) is 0 Å². The molecule has 4 rings (SSSR count). The summed E-state index contributed by atoms with van der Waals surface area (Å²) in [7, 11) is 0. The third-order valence-electron chi connectivity index (χ3n) is 4.89. The molecule has 0 radical (unpaired) electrons. The zero-order valence-corrected chi connectivity index (χ0v) is 14.5. The first-order valence-corrected chi connectivity index (χ1v) is 9.57. The minimum absolute atomic E-state index is 0.0254. The van der Waals surface area contributed by atoms with Crippen molar-refractivity contribution in [2.24, 2.45) is 5.92 Å². The molecule has 3 nitrogen and oxygen atoms in total. The lowest BCUT2D eigenvalue weighted by Gasteiger charge is -2.21. The third-order valence-corrected chi connectivity index (χ3v) is 5.89. The van der Waals surface area contributed by atoms with Crippen molar-refractivity contribution >= 4 is 22.8 Å². The monoisotopic (exact) mass is 338 g/mol. The highest BCUT2D eigenvalue weighted by Crippen LogP contribution is 2.30. The molecule has 4 heteroatoms. The molecule has 0 unspecified atom stereocenters. The van der Waals surface area contributed by atoms with Gasteiger partial charge in [-0.1, -0.05) is 49.2 Å². The lowest BCUT2D eigenvalue weighted by atomic mass is 9.89. The number of aromatic amines is 1. The lowest BCUT2D eigenvalue weighted by Crippen LogP contribution is -2.22. The number of aromatic nitrogens is 2. The third kappa shape index (κ3) is 3.29. The van der Waals surface area contributed by atoms with Crippen LogP contribution in [0.1, 0.15) is 32.1 Å². The molecule has 0 bridgehead atoms. The van der Waals surface area contributed by atoms with Gasteiger partial charge in [-0.2, -0.15) is 0 Å². The number of nitrogens with one attached hydrogen (secondary N) is 1. The van der Waals surface area contributed by atoms with Crippen LogP contribution in [0.25, 0.3) is 11.0 Å². The van der Waals surface area contributed by atoms with Gasteiger partial charge >= 0.3 is 5.69 Å². The standard InChI is InChI=1S/C20H22N2OS/c23-20-21-18-13-17(24-16-9-5-2-6-10-16)11-12-19(18)22(20)14-15-7-3-1-4-8-15/h2,5-6,9-13,15H,1,3-4,7-8,14H2,(H,21,23). The lowest BCUT2D eigenvalue weighted by molar-refractivity contribution is 0.319. The second-order valence-corrected chi connectivity index (χ2v) is 7.79. The quantitative estimate of drug-likeness (QED) is 0.722. The second kappa shape index (κ2) is 6.89. The summed E-state index contributed by atoms with van der Waals surface area (Å²) in [6.07, 6.45) is 6.46. The van der Waals surface area contributed by atoms with Crippen molar-refractivity contribution in [3.05, 3.63) is 59.0 Å². The molecule has 0 atom stereocenters. The van der Waals surface area contributed by atoms with E-state index in [0.717, 1.165) is 22.5 Å². The number of nitrogens with zero attached hydrogens (tertiary/aromatic N) is 1. The number of hydrogen-bond acceptors (Lipinski definition) is 2. The SMILES string of the molecule is O=c1[nH]c2cc(Sc3ccccc3)ccc2n1CC1CCCCC1. The highest BCUT2D eigenvalue weighted by molar-refractivity contribution is 7.99. The van der Waals surface area contributed by atoms with Gasteiger partial charge in [0.15, 0.2) is 0 Å². The van der Waals surface area contributed by atoms with Crippen molar-refractivity contribution in [3.63, 3.8) is 0 Å². The van der Waals surface area contributed by atoms with Crippen LogP contribution in [0.3, 0.4) is 0 Å². The van der Waals surface area contributed by atoms with E-state index in [-0.39, 0.29) is 5.69 Å². The summed E-state index contributed by atoms with van der Waals surface area (Å²) >= 11 is 1.72. The second-order valence-electron chi connectivity index (χ2n) is 6.64. The number of fused-ring (bicyclic) bond motifs is 1. The molecular weight excluding hydrogens is 316 g/mol. The van der Waals surface area contributed by atoms with E-state index >= 15 is 0 Å². The van der Waals surface area contributed by atoms with Crippen molar-refractivity contribution in [1.82, 2.24) is 9.55 Å². The first-order valence-electron chi connectivity index (χ1n) is 8.75. The molecule has 1 aliphatic carbocycles. The van der Waals surface area contributed by atoms with Gasteiger partial charge in [0.1, 0.15) is 0 Å². The van der Waals surface area contributed by atoms with Gasteiger partial charge < -0.3 is 4.98 Å². The summed E-state index contributed by atoms with van der Waals surface area (Å²) in [6.45, 7) is 0.851. The number of H-pyrrole nitrogens is 1. The predicted octanol–water partition coefficient (Wildman–Crippen LogP) is 5.06. The summed E-state index contributed by atoms with van der Waals surface area (Å²) in [5, 5.41) is 0. The van der Waals surface area contributed by atoms with E-state index in [2.05, 4.69) is 35.3 Å². The Balaban J connectivity index is 1.60. The Morgan fingerprint density at radius 3 is 2.58 bits per heavy atom. The Kier molecular flexibility index (Phi) is 4.48. The molecule has 24 heavy (non-hydrogen) atoms. The summed E-state index contributed by atoms with van der Waals surface area (Å²) in [6, 6.07) is 16.6. The molecule has 1 N–H and O–H groups in total. The topological polar surface area (TPSA) is 37.8 Å². The van der Waals surface area contributed by atoms with Crippen molar-refractivity contribution in [3.8, 4) is 0 Å². The Labute approximate surface area is 146 Å². The summed E-state index contributed by atoms with van der Waals surface area (Å²) < 4.78 is 1.93. The fraction of sp³-hybridized carbons (Fsp3) is 0.350. The Hall–Kier alpha value is -1.94. The average Bonchev–Trinajstić information content (AvgIpc) is 2.92. The molecule has 0 aliphatic heterocycles. The van der Waals surface area contributed by atoms with Crippen LogP contribution in [0.4, 0.5) is 0 Å². The van der Waals surface area contributed by atoms with E-state index in [1.165, 1.54) is 37.0 Å². The van der Waals surface area contributed by atoms with Gasteiger partial charge in [-0.25, -0.2) is 4.79 Å². The maximum absolute atomic E-state index is 12.4. The Bertz CT molecular complexity index is 876. The van der Waals surface area contributed by atoms with Crippen LogP contribution < -0.4 is 5.69 Å². The summed E-state index contributed by atoms with van der Waals surface area (Å²) in [4.78, 5) is 17.8. The normalized spacial score (nSPS) is 15.8. The van der Waals surface area contributed by atoms with Crippen LogP contribution in [0.5, 0.6) is 0 Å². The van der Waals surface area contributed by atoms with E-state index in [9.17, 15) is 4.79 Å². The van der Waals surface area contributed by atoms with Gasteiger partial charge in [0, 0.05) is 16.3 Å². The van der Waals surface area contributed by atoms with Gasteiger partial charge in [-0.15, -0.1) is 0 Å². The highest BCUT2D eigenvalue weighted by Gasteiger charge is 2.17. The van der Waals surface area contributed by atoms with E-state index in [1.807, 2.05) is 22.8 Å². The Morgan fingerprint density at radius 1 is 1.00 bits per heavy atom. The zero-order valence-electron chi connectivity index (χ0n) is 13.7. The first kappa shape index (κ1) is 15.6. The zero-order chi connectivity index (χ0) is 16.4. The molecular formula is C20H22N2OS. The van der Waals surface area contributed by atoms with Crippen molar-refractivity contribution in [2.75, 3.05) is 0 Å². The first-order chi connectivity index (χ1) is 11.8. The molecule has 0 amide bonds. The molecule has 1 aromatic heterocycles. The fourth-order valence-electron chi connectivity index (χ4n) is 3.64. The highest BCUT2D eigenvalue weighted by atomic mass is 32.2. The van der Waals surface area contributed by atoms with Crippen molar-refractivity contribution in [2.45, 2.75) is 48.4 Å². The maximum atomic E-state index is 12.4. The van der Waals surface area contributed by atoms with E-state index in [0.29, 0.717) is 5.92 Å². The molecule has 1 aliphatic rings. The van der Waals surface area contributed by atoms with Crippen LogP contribution in [-0.2, 0) is 6.54 Å². The number of imidazole rings is 1. The summed E-state index contributed by atoms with van der Waals surface area (Å²) in [5.74, 6) is 0.647. The summed E-state index contributed by atoms with van der Waals surface area (Å²) in [5.41, 5.74) is 2.00. The van der Waals surface area contributed by atoms with Gasteiger partial charge in [0.05, 0.1) is 11.0 Å². The van der Waals surface area contributed by atoms with Crippen LogP contribution in [0.15, 0.2) is 63.1 Å². The molecule has 1 heterocycles. The average molecular weight is 338 g/mol. The smallest absolute Gasteiger partial charge is 0.305 e. The fourth-order valence-corrected chi connectivity index (χ4v) is 4.52. The van der Waals surface area contributed by atoms with Crippen molar-refractivity contribution < 1.29 is 0 Å². The van der Waals surface area contributed by atoms with Gasteiger partial charge in [-0.3, -0.25) is 4.57 Å². The maximum Gasteiger partial charge on any atom is 0.326 e. The predicted molar refractivity (Wildman–Crippen MR) is 99.7 cm³/mol. The minimum Gasteiger partial charge on any atom is -0.305 e. The van der Waals surface area contributed by atoms with E-state index in [4.69, 9.17) is 0 Å². The molecule has 2 aromatic carbocycles. The van der Waals surface area contributed by atoms with Crippen molar-refractivity contribution in [1.29, 1.82) is 0 Å². The van der Waals surface area contributed by atoms with Crippen LogP contribution in [0, 0.1) is 5.92 Å². The van der Waals surface area contributed by atoms with Crippen LogP contribution in [-0.4, -0.2) is 9.55 Å². The molecule has 0 spiro atoms. The largest absolute Gasteiger partial charge is 0.326 e. The van der Waals surface area contributed by atoms with Crippen LogP contribution in [0.2, 0.25) is 0 Å². The van der Waals surface area contributed by atoms with E-state index in [1.54, 1.807) is 11.8 Å². The molecule has 0 saturated heterocycles. The van der Waals surface area contributed by atoms with E-state index < -0.39 is 0 Å². The van der Waals surface area contributed by atoms with Crippen LogP contribution >= 0.6 is 11.8 Å². The van der Waals surface area contributed by atoms with Gasteiger partial charge in [0.25, 0.3) is 0 Å². The molecule has 124 valence electrons. The minimum atomic E-state index is 0.0254. The Morgan fingerprint density at radius 2 is 1.79 bits per heavy atom. The molecule has 1 fully saturated rings. The number of hydrogen-bond donors (Lipinski definition) is 1. The van der Waals surface area contributed by atoms with Gasteiger partial charge in [-0.05, 0) is 49.1 Å². The number of benzene rings is 2. The molecule has 1 saturated carbocycles. The molecule has 3 aromatic rings. The number of rotatable bonds is 4.